The predicted octanol–water partition coefficient (Wildman–Crippen LogP) is 4.01. The van der Waals surface area contributed by atoms with E-state index in [4.69, 9.17) is 0 Å². The highest BCUT2D eigenvalue weighted by Crippen LogP contribution is 2.19. The maximum absolute atomic E-state index is 13.0. The summed E-state index contributed by atoms with van der Waals surface area (Å²) in [5.41, 5.74) is 1.08. The molecule has 0 bridgehead atoms. The molecule has 0 fully saturated rings. The number of hydrogen-bond acceptors (Lipinski definition) is 3. The molecule has 1 heterocycles. The van der Waals surface area contributed by atoms with E-state index < -0.39 is 0 Å². The third-order valence-corrected chi connectivity index (χ3v) is 5.03. The second-order valence-corrected chi connectivity index (χ2v) is 7.54. The van der Waals surface area contributed by atoms with Gasteiger partial charge in [0.05, 0.1) is 6.54 Å². The van der Waals surface area contributed by atoms with Crippen molar-refractivity contribution in [2.24, 2.45) is 0 Å². The summed E-state index contributed by atoms with van der Waals surface area (Å²) < 4.78 is 0. The first-order valence-corrected chi connectivity index (χ1v) is 9.60. The van der Waals surface area contributed by atoms with Gasteiger partial charge >= 0.3 is 0 Å². The summed E-state index contributed by atoms with van der Waals surface area (Å²) in [6.45, 7) is 9.09. The van der Waals surface area contributed by atoms with Gasteiger partial charge < -0.3 is 9.80 Å². The van der Waals surface area contributed by atoms with Crippen LogP contribution in [0.4, 0.5) is 0 Å². The lowest BCUT2D eigenvalue weighted by Gasteiger charge is -2.27. The van der Waals surface area contributed by atoms with Gasteiger partial charge in [-0.25, -0.2) is 0 Å². The van der Waals surface area contributed by atoms with Crippen LogP contribution in [0.2, 0.25) is 0 Å². The third kappa shape index (κ3) is 5.85. The van der Waals surface area contributed by atoms with Crippen molar-refractivity contribution >= 4 is 23.2 Å². The van der Waals surface area contributed by atoms with Crippen LogP contribution in [-0.2, 0) is 22.7 Å². The Labute approximate surface area is 159 Å². The largest absolute Gasteiger partial charge is 0.332 e. The van der Waals surface area contributed by atoms with Crippen LogP contribution in [0.1, 0.15) is 28.7 Å². The van der Waals surface area contributed by atoms with Crippen LogP contribution in [0, 0.1) is 6.92 Å². The molecule has 138 valence electrons. The number of carbonyl (C=O) groups is 2. The Morgan fingerprint density at radius 1 is 1.04 bits per heavy atom. The number of benzene rings is 1. The van der Waals surface area contributed by atoms with Gasteiger partial charge in [0.2, 0.25) is 11.8 Å². The molecule has 5 heteroatoms. The molecule has 1 aromatic heterocycles. The normalized spacial score (nSPS) is 10.4. The minimum absolute atomic E-state index is 0.0371. The fourth-order valence-electron chi connectivity index (χ4n) is 2.69. The van der Waals surface area contributed by atoms with Crippen molar-refractivity contribution in [2.75, 3.05) is 13.1 Å². The van der Waals surface area contributed by atoms with E-state index in [9.17, 15) is 9.59 Å². The van der Waals surface area contributed by atoms with Crippen molar-refractivity contribution < 1.29 is 9.59 Å². The molecule has 0 aliphatic heterocycles. The molecule has 0 N–H and O–H groups in total. The van der Waals surface area contributed by atoms with Gasteiger partial charge in [-0.3, -0.25) is 9.59 Å². The Kier molecular flexibility index (Phi) is 7.60. The van der Waals surface area contributed by atoms with E-state index in [0.717, 1.165) is 10.4 Å². The number of aryl methyl sites for hydroxylation is 1. The van der Waals surface area contributed by atoms with E-state index in [1.54, 1.807) is 29.2 Å². The fraction of sp³-hybridized carbons (Fsp3) is 0.333. The highest BCUT2D eigenvalue weighted by Gasteiger charge is 2.20. The quantitative estimate of drug-likeness (QED) is 0.626. The molecule has 26 heavy (non-hydrogen) atoms. The molecule has 0 aliphatic carbocycles. The van der Waals surface area contributed by atoms with Gasteiger partial charge in [-0.05, 0) is 24.6 Å². The molecular weight excluding hydrogens is 344 g/mol. The van der Waals surface area contributed by atoms with Crippen LogP contribution in [0.25, 0.3) is 0 Å². The van der Waals surface area contributed by atoms with E-state index in [0.29, 0.717) is 26.1 Å². The maximum Gasteiger partial charge on any atom is 0.242 e. The highest BCUT2D eigenvalue weighted by atomic mass is 32.1. The van der Waals surface area contributed by atoms with E-state index in [-0.39, 0.29) is 18.4 Å². The first-order valence-electron chi connectivity index (χ1n) is 8.79. The summed E-state index contributed by atoms with van der Waals surface area (Å²) >= 11 is 1.69. The van der Waals surface area contributed by atoms with Crippen LogP contribution in [0.15, 0.2) is 55.1 Å². The van der Waals surface area contributed by atoms with Crippen LogP contribution in [0.3, 0.4) is 0 Å². The average molecular weight is 371 g/mol. The van der Waals surface area contributed by atoms with Gasteiger partial charge in [0, 0.05) is 29.3 Å². The summed E-state index contributed by atoms with van der Waals surface area (Å²) in [6.07, 6.45) is 2.04. The van der Waals surface area contributed by atoms with E-state index in [2.05, 4.69) is 25.6 Å². The first kappa shape index (κ1) is 19.9. The Morgan fingerprint density at radius 3 is 2.35 bits per heavy atom. The van der Waals surface area contributed by atoms with Crippen molar-refractivity contribution in [1.82, 2.24) is 9.80 Å². The minimum Gasteiger partial charge on any atom is -0.332 e. The standard InChI is InChI=1S/C21H26N2O2S/c1-4-13-22(20(24)5-2)16-21(25)23(14-18-9-7-6-8-10-18)15-19-12-11-17(3)26-19/h4,6-12H,1,5,13-16H2,2-3H3. The molecule has 0 radical (unpaired) electrons. The Hall–Kier alpha value is -2.40. The zero-order valence-electron chi connectivity index (χ0n) is 15.5. The first-order chi connectivity index (χ1) is 12.5. The Bertz CT molecular complexity index is 739. The van der Waals surface area contributed by atoms with Crippen LogP contribution >= 0.6 is 11.3 Å². The zero-order chi connectivity index (χ0) is 18.9. The smallest absolute Gasteiger partial charge is 0.242 e. The number of rotatable bonds is 9. The molecule has 0 saturated carbocycles. The van der Waals surface area contributed by atoms with E-state index in [1.807, 2.05) is 35.2 Å². The molecule has 0 saturated heterocycles. The molecular formula is C21H26N2O2S. The summed E-state index contributed by atoms with van der Waals surface area (Å²) in [6, 6.07) is 14.1. The molecule has 2 aromatic rings. The summed E-state index contributed by atoms with van der Waals surface area (Å²) in [4.78, 5) is 30.8. The van der Waals surface area contributed by atoms with Crippen molar-refractivity contribution in [1.29, 1.82) is 0 Å². The van der Waals surface area contributed by atoms with Gasteiger partial charge in [-0.2, -0.15) is 0 Å². The van der Waals surface area contributed by atoms with Gasteiger partial charge in [0.1, 0.15) is 6.54 Å². The predicted molar refractivity (Wildman–Crippen MR) is 107 cm³/mol. The number of carbonyl (C=O) groups excluding carboxylic acids is 2. The van der Waals surface area contributed by atoms with Crippen LogP contribution in [-0.4, -0.2) is 34.7 Å². The molecule has 0 aliphatic rings. The Balaban J connectivity index is 2.16. The van der Waals surface area contributed by atoms with Crippen molar-refractivity contribution in [3.8, 4) is 0 Å². The number of nitrogens with zero attached hydrogens (tertiary/aromatic N) is 2. The topological polar surface area (TPSA) is 40.6 Å². The molecule has 0 unspecified atom stereocenters. The van der Waals surface area contributed by atoms with E-state index in [1.165, 1.54) is 4.88 Å². The molecule has 2 rings (SSSR count). The van der Waals surface area contributed by atoms with Gasteiger partial charge in [0.25, 0.3) is 0 Å². The number of thiophene rings is 1. The van der Waals surface area contributed by atoms with E-state index >= 15 is 0 Å². The summed E-state index contributed by atoms with van der Waals surface area (Å²) in [5.74, 6) is -0.0894. The molecule has 0 spiro atoms. The summed E-state index contributed by atoms with van der Waals surface area (Å²) in [7, 11) is 0. The van der Waals surface area contributed by atoms with Gasteiger partial charge in [0.15, 0.2) is 0 Å². The number of amides is 2. The van der Waals surface area contributed by atoms with Crippen molar-refractivity contribution in [2.45, 2.75) is 33.4 Å². The van der Waals surface area contributed by atoms with Gasteiger partial charge in [-0.1, -0.05) is 43.3 Å². The van der Waals surface area contributed by atoms with Crippen molar-refractivity contribution in [3.05, 3.63) is 70.4 Å². The lowest BCUT2D eigenvalue weighted by atomic mass is 10.2. The zero-order valence-corrected chi connectivity index (χ0v) is 16.3. The average Bonchev–Trinajstić information content (AvgIpc) is 3.05. The van der Waals surface area contributed by atoms with Crippen molar-refractivity contribution in [3.63, 3.8) is 0 Å². The lowest BCUT2D eigenvalue weighted by molar-refractivity contribution is -0.140. The van der Waals surface area contributed by atoms with Crippen LogP contribution < -0.4 is 0 Å². The second-order valence-electron chi connectivity index (χ2n) is 6.16. The SMILES string of the molecule is C=CCN(CC(=O)N(Cc1ccccc1)Cc1ccc(C)s1)C(=O)CC. The molecule has 0 atom stereocenters. The fourth-order valence-corrected chi connectivity index (χ4v) is 3.60. The number of hydrogen-bond donors (Lipinski definition) is 0. The summed E-state index contributed by atoms with van der Waals surface area (Å²) in [5, 5.41) is 0. The Morgan fingerprint density at radius 2 is 1.77 bits per heavy atom. The third-order valence-electron chi connectivity index (χ3n) is 4.04. The van der Waals surface area contributed by atoms with Gasteiger partial charge in [-0.15, -0.1) is 17.9 Å². The highest BCUT2D eigenvalue weighted by molar-refractivity contribution is 7.11. The molecule has 2 amide bonds. The minimum atomic E-state index is -0.0523. The monoisotopic (exact) mass is 370 g/mol. The lowest BCUT2D eigenvalue weighted by Crippen LogP contribution is -2.42. The maximum atomic E-state index is 13.0. The molecule has 1 aromatic carbocycles. The molecule has 4 nitrogen and oxygen atoms in total. The second kappa shape index (κ2) is 9.92. The van der Waals surface area contributed by atoms with Crippen LogP contribution in [0.5, 0.6) is 0 Å².